The van der Waals surface area contributed by atoms with Gasteiger partial charge in [0.15, 0.2) is 0 Å². The number of carbonyl (C=O) groups excluding carboxylic acids is 1. The predicted molar refractivity (Wildman–Crippen MR) is 81.5 cm³/mol. The van der Waals surface area contributed by atoms with Gasteiger partial charge in [0.1, 0.15) is 5.82 Å². The summed E-state index contributed by atoms with van der Waals surface area (Å²) in [7, 11) is 0. The van der Waals surface area contributed by atoms with E-state index in [0.29, 0.717) is 0 Å². The number of halogens is 2. The van der Waals surface area contributed by atoms with Gasteiger partial charge in [0.2, 0.25) is 5.91 Å². The molecule has 104 valence electrons. The van der Waals surface area contributed by atoms with Crippen molar-refractivity contribution in [1.82, 2.24) is 5.32 Å². The third kappa shape index (κ3) is 4.04. The summed E-state index contributed by atoms with van der Waals surface area (Å²) in [5.74, 6) is 2.58. The average molecular weight is 320 g/mol. The van der Waals surface area contributed by atoms with Crippen molar-refractivity contribution in [3.63, 3.8) is 0 Å². The molecule has 1 aliphatic heterocycles. The van der Waals surface area contributed by atoms with E-state index in [1.165, 1.54) is 6.07 Å². The summed E-state index contributed by atoms with van der Waals surface area (Å²) < 4.78 is 13.1. The van der Waals surface area contributed by atoms with Gasteiger partial charge in [-0.05, 0) is 24.6 Å². The molecule has 0 spiro atoms. The van der Waals surface area contributed by atoms with E-state index in [4.69, 9.17) is 11.6 Å². The van der Waals surface area contributed by atoms with Gasteiger partial charge in [0.05, 0.1) is 16.3 Å². The summed E-state index contributed by atoms with van der Waals surface area (Å²) in [5, 5.41) is 3.05. The maximum absolute atomic E-state index is 13.1. The zero-order valence-corrected chi connectivity index (χ0v) is 12.9. The minimum atomic E-state index is -0.442. The van der Waals surface area contributed by atoms with E-state index in [1.807, 2.05) is 6.92 Å². The molecule has 19 heavy (non-hydrogen) atoms. The van der Waals surface area contributed by atoms with Crippen molar-refractivity contribution in [2.24, 2.45) is 0 Å². The fourth-order valence-electron chi connectivity index (χ4n) is 1.81. The number of hydrogen-bond acceptors (Lipinski definition) is 3. The van der Waals surface area contributed by atoms with Crippen molar-refractivity contribution in [3.05, 3.63) is 34.6 Å². The van der Waals surface area contributed by atoms with Crippen molar-refractivity contribution in [2.75, 3.05) is 17.3 Å². The first-order valence-electron chi connectivity index (χ1n) is 6.02. The van der Waals surface area contributed by atoms with Crippen LogP contribution in [0, 0.1) is 5.82 Å². The topological polar surface area (TPSA) is 29.1 Å². The molecule has 1 aliphatic rings. The molecule has 2 atom stereocenters. The largest absolute Gasteiger partial charge is 0.349 e. The molecule has 1 N–H and O–H groups in total. The maximum atomic E-state index is 13.1. The maximum Gasteiger partial charge on any atom is 0.234 e. The van der Waals surface area contributed by atoms with Crippen LogP contribution in [0.3, 0.4) is 0 Å². The molecule has 1 aromatic rings. The summed E-state index contributed by atoms with van der Waals surface area (Å²) in [6, 6.07) is 4.36. The van der Waals surface area contributed by atoms with Gasteiger partial charge in [0.25, 0.3) is 0 Å². The fraction of sp³-hybridized carbons (Fsp3) is 0.462. The molecule has 0 radical (unpaired) electrons. The highest BCUT2D eigenvalue weighted by atomic mass is 35.5. The summed E-state index contributed by atoms with van der Waals surface area (Å²) in [6.45, 7) is 1.88. The van der Waals surface area contributed by atoms with Crippen molar-refractivity contribution < 1.29 is 9.18 Å². The van der Waals surface area contributed by atoms with Crippen LogP contribution in [0.25, 0.3) is 0 Å². The lowest BCUT2D eigenvalue weighted by Crippen LogP contribution is -2.37. The minimum Gasteiger partial charge on any atom is -0.349 e. The molecule has 1 heterocycles. The van der Waals surface area contributed by atoms with Crippen LogP contribution in [0.5, 0.6) is 0 Å². The van der Waals surface area contributed by atoms with E-state index >= 15 is 0 Å². The minimum absolute atomic E-state index is 0.0112. The Hall–Kier alpha value is -0.390. The van der Waals surface area contributed by atoms with Gasteiger partial charge in [-0.2, -0.15) is 11.8 Å². The van der Waals surface area contributed by atoms with E-state index in [-0.39, 0.29) is 22.2 Å². The summed E-state index contributed by atoms with van der Waals surface area (Å²) in [4.78, 5) is 12.1. The highest BCUT2D eigenvalue weighted by Gasteiger charge is 2.23. The molecule has 2 rings (SSSR count). The molecule has 1 saturated heterocycles. The Morgan fingerprint density at radius 1 is 1.53 bits per heavy atom. The third-order valence-electron chi connectivity index (χ3n) is 2.91. The van der Waals surface area contributed by atoms with E-state index in [2.05, 4.69) is 5.32 Å². The van der Waals surface area contributed by atoms with Crippen LogP contribution in [-0.4, -0.2) is 28.4 Å². The van der Waals surface area contributed by atoms with Gasteiger partial charge in [-0.15, -0.1) is 11.8 Å². The Labute approximate surface area is 125 Å². The number of hydrogen-bond donors (Lipinski definition) is 1. The zero-order valence-electron chi connectivity index (χ0n) is 10.5. The Kier molecular flexibility index (Phi) is 5.42. The first-order chi connectivity index (χ1) is 9.08. The van der Waals surface area contributed by atoms with Gasteiger partial charge >= 0.3 is 0 Å². The Balaban J connectivity index is 1.97. The molecular weight excluding hydrogens is 305 g/mol. The molecule has 1 aromatic carbocycles. The van der Waals surface area contributed by atoms with E-state index in [9.17, 15) is 9.18 Å². The zero-order chi connectivity index (χ0) is 13.8. The highest BCUT2D eigenvalue weighted by Crippen LogP contribution is 2.25. The normalized spacial score (nSPS) is 20.9. The van der Waals surface area contributed by atoms with E-state index < -0.39 is 5.82 Å². The number of carbonyl (C=O) groups is 1. The molecule has 0 saturated carbocycles. The molecule has 0 aromatic heterocycles. The monoisotopic (exact) mass is 319 g/mol. The Morgan fingerprint density at radius 3 is 2.95 bits per heavy atom. The molecular formula is C13H15ClFNOS2. The van der Waals surface area contributed by atoms with Crippen LogP contribution >= 0.6 is 35.1 Å². The third-order valence-corrected chi connectivity index (χ3v) is 5.95. The SMILES string of the molecule is C[C@@H](NC(=O)[C@H]1CSCCS1)c1ccc(F)c(Cl)c1. The number of amides is 1. The first kappa shape index (κ1) is 15.0. The summed E-state index contributed by atoms with van der Waals surface area (Å²) in [6.07, 6.45) is 0. The first-order valence-corrected chi connectivity index (χ1v) is 8.60. The van der Waals surface area contributed by atoms with Gasteiger partial charge in [-0.1, -0.05) is 17.7 Å². The van der Waals surface area contributed by atoms with Gasteiger partial charge < -0.3 is 5.32 Å². The summed E-state index contributed by atoms with van der Waals surface area (Å²) in [5.41, 5.74) is 0.813. The van der Waals surface area contributed by atoms with Crippen molar-refractivity contribution in [3.8, 4) is 0 Å². The van der Waals surface area contributed by atoms with Crippen LogP contribution < -0.4 is 5.32 Å². The summed E-state index contributed by atoms with van der Waals surface area (Å²) >= 11 is 9.25. The number of thioether (sulfide) groups is 2. The highest BCUT2D eigenvalue weighted by molar-refractivity contribution is 8.07. The quantitative estimate of drug-likeness (QED) is 0.924. The lowest BCUT2D eigenvalue weighted by molar-refractivity contribution is -0.120. The van der Waals surface area contributed by atoms with Crippen LogP contribution in [-0.2, 0) is 4.79 Å². The van der Waals surface area contributed by atoms with Crippen LogP contribution in [0.2, 0.25) is 5.02 Å². The van der Waals surface area contributed by atoms with Crippen LogP contribution in [0.4, 0.5) is 4.39 Å². The van der Waals surface area contributed by atoms with Gasteiger partial charge in [-0.25, -0.2) is 4.39 Å². The second-order valence-electron chi connectivity index (χ2n) is 4.34. The average Bonchev–Trinajstić information content (AvgIpc) is 2.42. The second kappa shape index (κ2) is 6.86. The number of benzene rings is 1. The lowest BCUT2D eigenvalue weighted by Gasteiger charge is -2.23. The smallest absolute Gasteiger partial charge is 0.234 e. The second-order valence-corrected chi connectivity index (χ2v) is 7.21. The molecule has 0 unspecified atom stereocenters. The van der Waals surface area contributed by atoms with Crippen molar-refractivity contribution >= 4 is 41.0 Å². The molecule has 2 nitrogen and oxygen atoms in total. The van der Waals surface area contributed by atoms with Crippen LogP contribution in [0.15, 0.2) is 18.2 Å². The number of nitrogens with one attached hydrogen (secondary N) is 1. The standard InChI is InChI=1S/C13H15ClFNOS2/c1-8(9-2-3-11(15)10(14)6-9)16-13(17)12-7-18-4-5-19-12/h2-3,6,8,12H,4-5,7H2,1H3,(H,16,17)/t8-,12-/m1/s1. The molecule has 0 bridgehead atoms. The fourth-order valence-corrected chi connectivity index (χ4v) is 4.57. The van der Waals surface area contributed by atoms with Gasteiger partial charge in [-0.3, -0.25) is 4.79 Å². The Morgan fingerprint density at radius 2 is 2.32 bits per heavy atom. The molecule has 6 heteroatoms. The van der Waals surface area contributed by atoms with E-state index in [0.717, 1.165) is 22.8 Å². The Bertz CT molecular complexity index is 466. The van der Waals surface area contributed by atoms with Gasteiger partial charge in [0, 0.05) is 17.3 Å². The molecule has 1 fully saturated rings. The number of rotatable bonds is 3. The predicted octanol–water partition coefficient (Wildman–Crippen LogP) is 3.50. The van der Waals surface area contributed by atoms with E-state index in [1.54, 1.807) is 35.7 Å². The van der Waals surface area contributed by atoms with Crippen molar-refractivity contribution in [1.29, 1.82) is 0 Å². The van der Waals surface area contributed by atoms with Crippen LogP contribution in [0.1, 0.15) is 18.5 Å². The lowest BCUT2D eigenvalue weighted by atomic mass is 10.1. The molecule has 0 aliphatic carbocycles. The van der Waals surface area contributed by atoms with Crippen molar-refractivity contribution in [2.45, 2.75) is 18.2 Å². The molecule has 1 amide bonds.